The fraction of sp³-hybridized carbons (Fsp3) is 0.182. The van der Waals surface area contributed by atoms with Gasteiger partial charge in [-0.25, -0.2) is 0 Å². The molecule has 0 bridgehead atoms. The standard InChI is InChI=1S/C11H11N5O3S/c1-2-10-13-14-11(20)15(10)12-6-7-3-4-9(17)8(5-7)16(18)19/h3-6,17H,2H2,1H3,(H,14,20)/b12-6+. The Hall–Kier alpha value is -2.55. The molecule has 1 aromatic carbocycles. The van der Waals surface area contributed by atoms with E-state index in [1.165, 1.54) is 29.1 Å². The van der Waals surface area contributed by atoms with Crippen molar-refractivity contribution in [2.75, 3.05) is 0 Å². The summed E-state index contributed by atoms with van der Waals surface area (Å²) in [6.07, 6.45) is 2.05. The SMILES string of the molecule is CCc1n[nH]c(=S)n1/N=C/c1ccc(O)c([N+](=O)[O-])c1. The average Bonchev–Trinajstić information content (AvgIpc) is 2.78. The third-order valence-corrected chi connectivity index (χ3v) is 2.82. The van der Waals surface area contributed by atoms with E-state index in [-0.39, 0.29) is 11.4 Å². The van der Waals surface area contributed by atoms with Crippen molar-refractivity contribution >= 4 is 24.1 Å². The first-order chi connectivity index (χ1) is 9.52. The minimum Gasteiger partial charge on any atom is -0.502 e. The number of phenols is 1. The molecule has 8 nitrogen and oxygen atoms in total. The van der Waals surface area contributed by atoms with Gasteiger partial charge in [0.2, 0.25) is 4.77 Å². The fourth-order valence-electron chi connectivity index (χ4n) is 1.56. The van der Waals surface area contributed by atoms with E-state index < -0.39 is 4.92 Å². The highest BCUT2D eigenvalue weighted by Crippen LogP contribution is 2.25. The summed E-state index contributed by atoms with van der Waals surface area (Å²) in [5, 5.41) is 30.8. The van der Waals surface area contributed by atoms with E-state index in [0.717, 1.165) is 0 Å². The summed E-state index contributed by atoms with van der Waals surface area (Å²) in [5.74, 6) is 0.265. The highest BCUT2D eigenvalue weighted by atomic mass is 32.1. The molecule has 0 aliphatic carbocycles. The van der Waals surface area contributed by atoms with Crippen LogP contribution < -0.4 is 0 Å². The van der Waals surface area contributed by atoms with Gasteiger partial charge in [0.1, 0.15) is 0 Å². The van der Waals surface area contributed by atoms with Crippen molar-refractivity contribution in [1.29, 1.82) is 0 Å². The lowest BCUT2D eigenvalue weighted by Crippen LogP contribution is -1.97. The number of hydrogen-bond donors (Lipinski definition) is 2. The number of nitrogens with zero attached hydrogens (tertiary/aromatic N) is 4. The van der Waals surface area contributed by atoms with Crippen LogP contribution in [0.3, 0.4) is 0 Å². The van der Waals surface area contributed by atoms with Crippen LogP contribution in [0.15, 0.2) is 23.3 Å². The molecular formula is C11H11N5O3S. The number of rotatable bonds is 4. The Bertz CT molecular complexity index is 734. The van der Waals surface area contributed by atoms with Gasteiger partial charge in [-0.15, -0.1) is 0 Å². The van der Waals surface area contributed by atoms with Crippen LogP contribution >= 0.6 is 12.2 Å². The predicted molar refractivity (Wildman–Crippen MR) is 74.5 cm³/mol. The minimum atomic E-state index is -0.659. The van der Waals surface area contributed by atoms with Crippen LogP contribution in [0.2, 0.25) is 0 Å². The molecule has 0 spiro atoms. The molecule has 0 amide bonds. The van der Waals surface area contributed by atoms with Crippen LogP contribution in [0.1, 0.15) is 18.3 Å². The van der Waals surface area contributed by atoms with Gasteiger partial charge in [-0.2, -0.15) is 14.9 Å². The van der Waals surface area contributed by atoms with Crippen LogP contribution in [-0.2, 0) is 6.42 Å². The number of hydrogen-bond acceptors (Lipinski definition) is 6. The van der Waals surface area contributed by atoms with Gasteiger partial charge in [0.05, 0.1) is 11.1 Å². The smallest absolute Gasteiger partial charge is 0.311 e. The maximum Gasteiger partial charge on any atom is 0.311 e. The van der Waals surface area contributed by atoms with E-state index in [4.69, 9.17) is 12.2 Å². The first kappa shape index (κ1) is 13.9. The molecule has 0 aliphatic heterocycles. The topological polar surface area (TPSA) is 109 Å². The van der Waals surface area contributed by atoms with Gasteiger partial charge in [-0.1, -0.05) is 6.92 Å². The van der Waals surface area contributed by atoms with Gasteiger partial charge in [0, 0.05) is 18.1 Å². The lowest BCUT2D eigenvalue weighted by molar-refractivity contribution is -0.385. The second kappa shape index (κ2) is 5.61. The van der Waals surface area contributed by atoms with Gasteiger partial charge >= 0.3 is 5.69 Å². The summed E-state index contributed by atoms with van der Waals surface area (Å²) in [5.41, 5.74) is 0.0973. The van der Waals surface area contributed by atoms with E-state index in [9.17, 15) is 15.2 Å². The highest BCUT2D eigenvalue weighted by Gasteiger charge is 2.12. The van der Waals surface area contributed by atoms with Crippen LogP contribution in [0.4, 0.5) is 5.69 Å². The fourth-order valence-corrected chi connectivity index (χ4v) is 1.76. The lowest BCUT2D eigenvalue weighted by atomic mass is 10.2. The van der Waals surface area contributed by atoms with Crippen molar-refractivity contribution in [1.82, 2.24) is 14.9 Å². The van der Waals surface area contributed by atoms with Crippen molar-refractivity contribution in [3.63, 3.8) is 0 Å². The van der Waals surface area contributed by atoms with Crippen LogP contribution in [0.25, 0.3) is 0 Å². The molecule has 20 heavy (non-hydrogen) atoms. The summed E-state index contributed by atoms with van der Waals surface area (Å²) in [6, 6.07) is 3.99. The van der Waals surface area contributed by atoms with E-state index in [0.29, 0.717) is 22.6 Å². The number of aromatic hydroxyl groups is 1. The van der Waals surface area contributed by atoms with Gasteiger partial charge in [0.25, 0.3) is 0 Å². The Morgan fingerprint density at radius 2 is 2.40 bits per heavy atom. The zero-order chi connectivity index (χ0) is 14.7. The summed E-state index contributed by atoms with van der Waals surface area (Å²) in [7, 11) is 0. The van der Waals surface area contributed by atoms with E-state index in [2.05, 4.69) is 15.3 Å². The molecule has 0 radical (unpaired) electrons. The number of nitro groups is 1. The Morgan fingerprint density at radius 3 is 3.05 bits per heavy atom. The number of aryl methyl sites for hydroxylation is 1. The Kier molecular flexibility index (Phi) is 3.89. The molecule has 0 unspecified atom stereocenters. The maximum absolute atomic E-state index is 10.7. The monoisotopic (exact) mass is 293 g/mol. The molecule has 104 valence electrons. The Labute approximate surface area is 118 Å². The summed E-state index contributed by atoms with van der Waals surface area (Å²) in [6.45, 7) is 1.91. The van der Waals surface area contributed by atoms with Crippen molar-refractivity contribution in [3.8, 4) is 5.75 Å². The number of aromatic amines is 1. The van der Waals surface area contributed by atoms with Gasteiger partial charge in [0.15, 0.2) is 11.6 Å². The molecule has 1 heterocycles. The van der Waals surface area contributed by atoms with Crippen molar-refractivity contribution < 1.29 is 10.0 Å². The summed E-state index contributed by atoms with van der Waals surface area (Å²) in [4.78, 5) is 10.1. The predicted octanol–water partition coefficient (Wildman–Crippen LogP) is 2.00. The van der Waals surface area contributed by atoms with Crippen LogP contribution in [-0.4, -0.2) is 31.1 Å². The molecule has 2 aromatic rings. The third kappa shape index (κ3) is 2.72. The number of nitrogens with one attached hydrogen (secondary N) is 1. The van der Waals surface area contributed by atoms with Crippen molar-refractivity contribution in [2.45, 2.75) is 13.3 Å². The third-order valence-electron chi connectivity index (χ3n) is 2.55. The molecule has 0 atom stereocenters. The maximum atomic E-state index is 10.7. The summed E-state index contributed by atoms with van der Waals surface area (Å²) < 4.78 is 1.78. The van der Waals surface area contributed by atoms with E-state index in [1.807, 2.05) is 6.92 Å². The lowest BCUT2D eigenvalue weighted by Gasteiger charge is -1.99. The summed E-state index contributed by atoms with van der Waals surface area (Å²) >= 11 is 5.03. The number of benzene rings is 1. The van der Waals surface area contributed by atoms with Crippen molar-refractivity contribution in [3.05, 3.63) is 44.5 Å². The van der Waals surface area contributed by atoms with E-state index >= 15 is 0 Å². The molecule has 9 heteroatoms. The molecule has 2 rings (SSSR count). The minimum absolute atomic E-state index is 0.339. The first-order valence-corrected chi connectivity index (χ1v) is 6.11. The normalized spacial score (nSPS) is 11.1. The number of aromatic nitrogens is 3. The van der Waals surface area contributed by atoms with E-state index in [1.54, 1.807) is 0 Å². The molecular weight excluding hydrogens is 282 g/mol. The molecule has 1 aromatic heterocycles. The number of phenolic OH excluding ortho intramolecular Hbond substituents is 1. The second-order valence-electron chi connectivity index (χ2n) is 3.86. The Balaban J connectivity index is 2.37. The first-order valence-electron chi connectivity index (χ1n) is 5.71. The van der Waals surface area contributed by atoms with Crippen LogP contribution in [0.5, 0.6) is 5.75 Å². The van der Waals surface area contributed by atoms with Gasteiger partial charge in [-0.05, 0) is 24.4 Å². The Morgan fingerprint density at radius 1 is 1.65 bits per heavy atom. The zero-order valence-corrected chi connectivity index (χ0v) is 11.3. The number of H-pyrrole nitrogens is 1. The molecule has 0 saturated carbocycles. The van der Waals surface area contributed by atoms with Gasteiger partial charge in [-0.3, -0.25) is 15.2 Å². The number of nitro benzene ring substituents is 1. The highest BCUT2D eigenvalue weighted by molar-refractivity contribution is 7.71. The molecule has 0 fully saturated rings. The molecule has 0 aliphatic rings. The quantitative estimate of drug-likeness (QED) is 0.388. The van der Waals surface area contributed by atoms with Gasteiger partial charge < -0.3 is 5.11 Å². The van der Waals surface area contributed by atoms with Crippen molar-refractivity contribution in [2.24, 2.45) is 5.10 Å². The second-order valence-corrected chi connectivity index (χ2v) is 4.25. The zero-order valence-electron chi connectivity index (χ0n) is 10.5. The average molecular weight is 293 g/mol. The molecule has 0 saturated heterocycles. The molecule has 2 N–H and O–H groups in total. The van der Waals surface area contributed by atoms with Crippen LogP contribution in [0, 0.1) is 14.9 Å². The largest absolute Gasteiger partial charge is 0.502 e.